The highest BCUT2D eigenvalue weighted by molar-refractivity contribution is 7.80. The Balaban J connectivity index is 2.93. The molecule has 0 saturated heterocycles. The van der Waals surface area contributed by atoms with E-state index in [1.807, 2.05) is 19.1 Å². The van der Waals surface area contributed by atoms with Crippen LogP contribution in [-0.2, 0) is 0 Å². The molecular formula is C11H17NOS2. The van der Waals surface area contributed by atoms with Gasteiger partial charge >= 0.3 is 0 Å². The summed E-state index contributed by atoms with van der Waals surface area (Å²) in [5.41, 5.74) is 2.02. The number of thiol groups is 2. The van der Waals surface area contributed by atoms with Gasteiger partial charge in [-0.2, -0.15) is 25.3 Å². The smallest absolute Gasteiger partial charge is 0.138 e. The molecular weight excluding hydrogens is 226 g/mol. The Kier molecular flexibility index (Phi) is 5.19. The lowest BCUT2D eigenvalue weighted by Gasteiger charge is -2.24. The van der Waals surface area contributed by atoms with Crippen LogP contribution in [0.2, 0.25) is 0 Å². The fraction of sp³-hybridized carbons (Fsp3) is 0.455. The summed E-state index contributed by atoms with van der Waals surface area (Å²) in [5, 5.41) is 9.77. The fourth-order valence-electron chi connectivity index (χ4n) is 1.48. The fourth-order valence-corrected chi connectivity index (χ4v) is 1.96. The Morgan fingerprint density at radius 3 is 2.33 bits per heavy atom. The van der Waals surface area contributed by atoms with Crippen LogP contribution in [-0.4, -0.2) is 29.7 Å². The van der Waals surface area contributed by atoms with Gasteiger partial charge in [0.2, 0.25) is 0 Å². The molecule has 0 saturated carbocycles. The van der Waals surface area contributed by atoms with Crippen molar-refractivity contribution in [2.75, 3.05) is 29.5 Å². The molecule has 0 atom stereocenters. The summed E-state index contributed by atoms with van der Waals surface area (Å²) >= 11 is 8.43. The number of benzene rings is 1. The van der Waals surface area contributed by atoms with E-state index in [-0.39, 0.29) is 0 Å². The normalized spacial score (nSPS) is 10.3. The van der Waals surface area contributed by atoms with Gasteiger partial charge in [-0.25, -0.2) is 0 Å². The lowest BCUT2D eigenvalue weighted by Crippen LogP contribution is -2.27. The van der Waals surface area contributed by atoms with E-state index in [0.29, 0.717) is 5.75 Å². The van der Waals surface area contributed by atoms with E-state index >= 15 is 0 Å². The highest BCUT2D eigenvalue weighted by Crippen LogP contribution is 2.27. The Morgan fingerprint density at radius 2 is 1.80 bits per heavy atom. The second kappa shape index (κ2) is 6.18. The van der Waals surface area contributed by atoms with E-state index in [2.05, 4.69) is 30.2 Å². The van der Waals surface area contributed by atoms with E-state index in [1.54, 1.807) is 6.07 Å². The largest absolute Gasteiger partial charge is 0.506 e. The molecule has 0 aliphatic carbocycles. The molecule has 0 radical (unpaired) electrons. The predicted octanol–water partition coefficient (Wildman–Crippen LogP) is 2.37. The van der Waals surface area contributed by atoms with E-state index < -0.39 is 0 Å². The number of aryl methyl sites for hydroxylation is 1. The van der Waals surface area contributed by atoms with Gasteiger partial charge in [0.05, 0.1) is 5.69 Å². The van der Waals surface area contributed by atoms with Crippen molar-refractivity contribution in [3.8, 4) is 5.75 Å². The Hall–Kier alpha value is -0.480. The topological polar surface area (TPSA) is 23.5 Å². The molecule has 0 bridgehead atoms. The zero-order valence-electron chi connectivity index (χ0n) is 8.85. The summed E-state index contributed by atoms with van der Waals surface area (Å²) in [5.74, 6) is 1.85. The van der Waals surface area contributed by atoms with E-state index in [4.69, 9.17) is 0 Å². The van der Waals surface area contributed by atoms with Crippen molar-refractivity contribution in [2.24, 2.45) is 0 Å². The average Bonchev–Trinajstić information content (AvgIpc) is 2.21. The maximum absolute atomic E-state index is 9.77. The first-order valence-electron chi connectivity index (χ1n) is 4.95. The number of rotatable bonds is 5. The van der Waals surface area contributed by atoms with Gasteiger partial charge < -0.3 is 10.0 Å². The molecule has 1 aromatic carbocycles. The highest BCUT2D eigenvalue weighted by Gasteiger charge is 2.09. The quantitative estimate of drug-likeness (QED) is 0.692. The number of phenols is 1. The highest BCUT2D eigenvalue weighted by atomic mass is 32.1. The van der Waals surface area contributed by atoms with Gasteiger partial charge in [-0.15, -0.1) is 0 Å². The summed E-state index contributed by atoms with van der Waals surface area (Å²) in [7, 11) is 0. The van der Waals surface area contributed by atoms with Crippen molar-refractivity contribution in [3.63, 3.8) is 0 Å². The van der Waals surface area contributed by atoms with Crippen molar-refractivity contribution in [1.82, 2.24) is 0 Å². The number of hydrogen-bond acceptors (Lipinski definition) is 4. The molecule has 1 rings (SSSR count). The van der Waals surface area contributed by atoms with Gasteiger partial charge in [0.25, 0.3) is 0 Å². The molecule has 2 nitrogen and oxygen atoms in total. The Labute approximate surface area is 102 Å². The van der Waals surface area contributed by atoms with Gasteiger partial charge in [-0.1, -0.05) is 6.07 Å². The molecule has 0 unspecified atom stereocenters. The number of hydrogen-bond donors (Lipinski definition) is 3. The number of anilines is 1. The molecule has 0 aliphatic heterocycles. The average molecular weight is 243 g/mol. The van der Waals surface area contributed by atoms with Gasteiger partial charge in [0.15, 0.2) is 0 Å². The van der Waals surface area contributed by atoms with Crippen molar-refractivity contribution in [3.05, 3.63) is 23.8 Å². The van der Waals surface area contributed by atoms with Crippen molar-refractivity contribution in [2.45, 2.75) is 6.92 Å². The minimum atomic E-state index is 0.323. The second-order valence-electron chi connectivity index (χ2n) is 3.43. The molecule has 0 aromatic heterocycles. The van der Waals surface area contributed by atoms with Crippen molar-refractivity contribution in [1.29, 1.82) is 0 Å². The molecule has 4 heteroatoms. The third-order valence-corrected chi connectivity index (χ3v) is 2.61. The predicted molar refractivity (Wildman–Crippen MR) is 72.8 cm³/mol. The molecule has 0 aliphatic rings. The lowest BCUT2D eigenvalue weighted by molar-refractivity contribution is 0.474. The molecule has 1 aromatic rings. The lowest BCUT2D eigenvalue weighted by atomic mass is 10.2. The summed E-state index contributed by atoms with van der Waals surface area (Å²) in [4.78, 5) is 2.10. The van der Waals surface area contributed by atoms with Gasteiger partial charge in [0.1, 0.15) is 5.75 Å². The third-order valence-electron chi connectivity index (χ3n) is 2.21. The maximum Gasteiger partial charge on any atom is 0.138 e. The summed E-state index contributed by atoms with van der Waals surface area (Å²) in [6, 6.07) is 5.62. The first-order valence-corrected chi connectivity index (χ1v) is 6.22. The standard InChI is InChI=1S/C11H17NOS2/c1-9-2-3-11(13)10(8-9)12(4-6-14)5-7-15/h2-3,8,13-15H,4-7H2,1H3. The van der Waals surface area contributed by atoms with Gasteiger partial charge in [-0.3, -0.25) is 0 Å². The molecule has 15 heavy (non-hydrogen) atoms. The van der Waals surface area contributed by atoms with Gasteiger partial charge in [0, 0.05) is 24.6 Å². The molecule has 0 spiro atoms. The minimum absolute atomic E-state index is 0.323. The first kappa shape index (κ1) is 12.6. The second-order valence-corrected chi connectivity index (χ2v) is 4.32. The number of aromatic hydroxyl groups is 1. The van der Waals surface area contributed by atoms with Gasteiger partial charge in [-0.05, 0) is 24.6 Å². The van der Waals surface area contributed by atoms with E-state index in [9.17, 15) is 5.11 Å². The monoisotopic (exact) mass is 243 g/mol. The summed E-state index contributed by atoms with van der Waals surface area (Å²) in [6.45, 7) is 3.66. The van der Waals surface area contributed by atoms with Crippen LogP contribution in [0.25, 0.3) is 0 Å². The molecule has 84 valence electrons. The third kappa shape index (κ3) is 3.54. The van der Waals surface area contributed by atoms with Crippen LogP contribution in [0.15, 0.2) is 18.2 Å². The van der Waals surface area contributed by atoms with Crippen LogP contribution < -0.4 is 4.90 Å². The van der Waals surface area contributed by atoms with E-state index in [1.165, 1.54) is 0 Å². The number of nitrogens with zero attached hydrogens (tertiary/aromatic N) is 1. The van der Waals surface area contributed by atoms with E-state index in [0.717, 1.165) is 35.8 Å². The maximum atomic E-state index is 9.77. The molecule has 0 heterocycles. The number of phenolic OH excluding ortho intramolecular Hbond substituents is 1. The zero-order chi connectivity index (χ0) is 11.3. The Morgan fingerprint density at radius 1 is 1.20 bits per heavy atom. The van der Waals surface area contributed by atoms with Crippen LogP contribution in [0.5, 0.6) is 5.75 Å². The summed E-state index contributed by atoms with van der Waals surface area (Å²) < 4.78 is 0. The van der Waals surface area contributed by atoms with Crippen molar-refractivity contribution < 1.29 is 5.11 Å². The first-order chi connectivity index (χ1) is 7.19. The minimum Gasteiger partial charge on any atom is -0.506 e. The molecule has 0 amide bonds. The van der Waals surface area contributed by atoms with Crippen molar-refractivity contribution >= 4 is 30.9 Å². The van der Waals surface area contributed by atoms with Crippen LogP contribution in [0.4, 0.5) is 5.69 Å². The zero-order valence-corrected chi connectivity index (χ0v) is 10.6. The van der Waals surface area contributed by atoms with Crippen LogP contribution in [0.3, 0.4) is 0 Å². The molecule has 1 N–H and O–H groups in total. The van der Waals surface area contributed by atoms with Crippen LogP contribution >= 0.6 is 25.3 Å². The van der Waals surface area contributed by atoms with Crippen LogP contribution in [0.1, 0.15) is 5.56 Å². The Bertz CT molecular complexity index is 311. The van der Waals surface area contributed by atoms with Crippen LogP contribution in [0, 0.1) is 6.92 Å². The summed E-state index contributed by atoms with van der Waals surface area (Å²) in [6.07, 6.45) is 0. The molecule has 0 fully saturated rings. The SMILES string of the molecule is Cc1ccc(O)c(N(CCS)CCS)c1.